The second kappa shape index (κ2) is 5.55. The number of benzene rings is 1. The molecule has 0 saturated heterocycles. The molecule has 0 aliphatic carbocycles. The molecule has 0 aliphatic rings. The summed E-state index contributed by atoms with van der Waals surface area (Å²) in [6.45, 7) is 4.89. The van der Waals surface area contributed by atoms with E-state index >= 15 is 0 Å². The monoisotopic (exact) mass is 191 g/mol. The average molecular weight is 191 g/mol. The van der Waals surface area contributed by atoms with Crippen LogP contribution in [0, 0.1) is 0 Å². The lowest BCUT2D eigenvalue weighted by atomic mass is 10.1. The summed E-state index contributed by atoms with van der Waals surface area (Å²) in [6.07, 6.45) is 1.05. The Bertz CT molecular complexity index is 282. The van der Waals surface area contributed by atoms with Crippen LogP contribution in [0.3, 0.4) is 0 Å². The second-order valence-corrected chi connectivity index (χ2v) is 3.41. The zero-order valence-electron chi connectivity index (χ0n) is 8.79. The lowest BCUT2D eigenvalue weighted by Crippen LogP contribution is -2.34. The van der Waals surface area contributed by atoms with E-state index in [1.54, 1.807) is 0 Å². The number of hydrogen-bond acceptors (Lipinski definition) is 2. The van der Waals surface area contributed by atoms with Crippen LogP contribution in [0.1, 0.15) is 30.6 Å². The van der Waals surface area contributed by atoms with Gasteiger partial charge in [-0.05, 0) is 19.9 Å². The van der Waals surface area contributed by atoms with Gasteiger partial charge in [0.05, 0.1) is 6.04 Å². The van der Waals surface area contributed by atoms with Gasteiger partial charge in [-0.25, -0.2) is 0 Å². The average Bonchev–Trinajstić information content (AvgIpc) is 2.26. The number of rotatable bonds is 5. The van der Waals surface area contributed by atoms with Crippen molar-refractivity contribution < 1.29 is 4.79 Å². The maximum Gasteiger partial charge on any atom is 0.179 e. The van der Waals surface area contributed by atoms with Gasteiger partial charge in [-0.2, -0.15) is 0 Å². The number of carbonyl (C=O) groups is 1. The van der Waals surface area contributed by atoms with Crippen molar-refractivity contribution in [1.29, 1.82) is 0 Å². The molecule has 0 heterocycles. The largest absolute Gasteiger partial charge is 0.307 e. The van der Waals surface area contributed by atoms with Crippen molar-refractivity contribution in [3.8, 4) is 0 Å². The first-order valence-electron chi connectivity index (χ1n) is 5.08. The molecule has 2 heteroatoms. The van der Waals surface area contributed by atoms with Gasteiger partial charge in [0.2, 0.25) is 0 Å². The third-order valence-corrected chi connectivity index (χ3v) is 2.15. The summed E-state index contributed by atoms with van der Waals surface area (Å²) >= 11 is 0. The normalized spacial score (nSPS) is 12.4. The van der Waals surface area contributed by atoms with Crippen molar-refractivity contribution in [2.75, 3.05) is 6.54 Å². The van der Waals surface area contributed by atoms with E-state index in [2.05, 4.69) is 12.2 Å². The highest BCUT2D eigenvalue weighted by atomic mass is 16.1. The molecule has 76 valence electrons. The number of Topliss-reactive ketones (excluding diaryl/α,β-unsaturated/α-hetero) is 1. The Hall–Kier alpha value is -1.15. The van der Waals surface area contributed by atoms with E-state index in [-0.39, 0.29) is 11.8 Å². The Labute approximate surface area is 85.3 Å². The van der Waals surface area contributed by atoms with Crippen molar-refractivity contribution in [3.05, 3.63) is 35.9 Å². The molecule has 0 bridgehead atoms. The van der Waals surface area contributed by atoms with Gasteiger partial charge < -0.3 is 5.32 Å². The van der Waals surface area contributed by atoms with Crippen LogP contribution in [-0.2, 0) is 0 Å². The third kappa shape index (κ3) is 2.96. The van der Waals surface area contributed by atoms with Crippen LogP contribution >= 0.6 is 0 Å². The molecule has 0 amide bonds. The second-order valence-electron chi connectivity index (χ2n) is 3.41. The molecule has 0 radical (unpaired) electrons. The molecule has 0 fully saturated rings. The number of hydrogen-bond donors (Lipinski definition) is 1. The van der Waals surface area contributed by atoms with Crippen LogP contribution in [0.15, 0.2) is 30.3 Å². The van der Waals surface area contributed by atoms with Crippen LogP contribution in [-0.4, -0.2) is 18.4 Å². The highest BCUT2D eigenvalue weighted by Crippen LogP contribution is 2.02. The van der Waals surface area contributed by atoms with Crippen LogP contribution in [0.2, 0.25) is 0 Å². The Morgan fingerprint density at radius 3 is 2.57 bits per heavy atom. The van der Waals surface area contributed by atoms with Gasteiger partial charge in [0.25, 0.3) is 0 Å². The third-order valence-electron chi connectivity index (χ3n) is 2.15. The quantitative estimate of drug-likeness (QED) is 0.723. The van der Waals surface area contributed by atoms with Crippen molar-refractivity contribution in [2.45, 2.75) is 26.3 Å². The van der Waals surface area contributed by atoms with E-state index in [1.807, 2.05) is 37.3 Å². The zero-order valence-corrected chi connectivity index (χ0v) is 8.79. The van der Waals surface area contributed by atoms with Crippen molar-refractivity contribution in [2.24, 2.45) is 0 Å². The van der Waals surface area contributed by atoms with Crippen molar-refractivity contribution in [3.63, 3.8) is 0 Å². The van der Waals surface area contributed by atoms with E-state index in [0.29, 0.717) is 0 Å². The minimum Gasteiger partial charge on any atom is -0.307 e. The summed E-state index contributed by atoms with van der Waals surface area (Å²) in [7, 11) is 0. The smallest absolute Gasteiger partial charge is 0.179 e. The molecule has 0 aromatic heterocycles. The van der Waals surface area contributed by atoms with Crippen LogP contribution in [0.25, 0.3) is 0 Å². The van der Waals surface area contributed by atoms with Crippen molar-refractivity contribution in [1.82, 2.24) is 5.32 Å². The zero-order chi connectivity index (χ0) is 10.4. The van der Waals surface area contributed by atoms with Gasteiger partial charge in [-0.3, -0.25) is 4.79 Å². The molecule has 14 heavy (non-hydrogen) atoms. The molecule has 2 nitrogen and oxygen atoms in total. The maximum absolute atomic E-state index is 11.8. The molecule has 1 rings (SSSR count). The first-order valence-corrected chi connectivity index (χ1v) is 5.08. The van der Waals surface area contributed by atoms with Gasteiger partial charge in [0, 0.05) is 5.56 Å². The number of ketones is 1. The van der Waals surface area contributed by atoms with Gasteiger partial charge in [0.1, 0.15) is 0 Å². The molecule has 0 aliphatic heterocycles. The predicted molar refractivity (Wildman–Crippen MR) is 58.5 cm³/mol. The summed E-state index contributed by atoms with van der Waals surface area (Å²) in [5.41, 5.74) is 0.781. The van der Waals surface area contributed by atoms with Crippen LogP contribution in [0.4, 0.5) is 0 Å². The summed E-state index contributed by atoms with van der Waals surface area (Å²) in [5, 5.41) is 3.18. The summed E-state index contributed by atoms with van der Waals surface area (Å²) < 4.78 is 0. The van der Waals surface area contributed by atoms with Gasteiger partial charge in [-0.1, -0.05) is 37.3 Å². The molecule has 0 saturated carbocycles. The van der Waals surface area contributed by atoms with Crippen LogP contribution < -0.4 is 5.32 Å². The Morgan fingerprint density at radius 2 is 2.00 bits per heavy atom. The summed E-state index contributed by atoms with van der Waals surface area (Å²) in [4.78, 5) is 11.8. The van der Waals surface area contributed by atoms with E-state index in [1.165, 1.54) is 0 Å². The highest BCUT2D eigenvalue weighted by Gasteiger charge is 2.12. The minimum atomic E-state index is -0.0858. The molecular weight excluding hydrogens is 174 g/mol. The lowest BCUT2D eigenvalue weighted by molar-refractivity contribution is 0.0951. The van der Waals surface area contributed by atoms with E-state index in [0.717, 1.165) is 18.5 Å². The summed E-state index contributed by atoms with van der Waals surface area (Å²) in [6, 6.07) is 9.32. The van der Waals surface area contributed by atoms with E-state index < -0.39 is 0 Å². The first-order chi connectivity index (χ1) is 6.75. The number of nitrogens with one attached hydrogen (secondary N) is 1. The standard InChI is InChI=1S/C12H17NO/c1-3-9-13-10(2)12(14)11-7-5-4-6-8-11/h4-8,10,13H,3,9H2,1-2H3/t10-/m1/s1. The predicted octanol–water partition coefficient (Wildman–Crippen LogP) is 2.26. The van der Waals surface area contributed by atoms with E-state index in [4.69, 9.17) is 0 Å². The maximum atomic E-state index is 11.8. The summed E-state index contributed by atoms with van der Waals surface area (Å²) in [5.74, 6) is 0.166. The molecule has 1 aromatic carbocycles. The topological polar surface area (TPSA) is 29.1 Å². The molecule has 0 unspecified atom stereocenters. The SMILES string of the molecule is CCCN[C@H](C)C(=O)c1ccccc1. The fourth-order valence-electron chi connectivity index (χ4n) is 1.31. The fourth-order valence-corrected chi connectivity index (χ4v) is 1.31. The number of carbonyl (C=O) groups excluding carboxylic acids is 1. The Morgan fingerprint density at radius 1 is 1.36 bits per heavy atom. The van der Waals surface area contributed by atoms with Gasteiger partial charge >= 0.3 is 0 Å². The highest BCUT2D eigenvalue weighted by molar-refractivity contribution is 5.99. The van der Waals surface area contributed by atoms with Crippen LogP contribution in [0.5, 0.6) is 0 Å². The fraction of sp³-hybridized carbons (Fsp3) is 0.417. The molecule has 1 atom stereocenters. The van der Waals surface area contributed by atoms with Gasteiger partial charge in [-0.15, -0.1) is 0 Å². The molecular formula is C12H17NO. The van der Waals surface area contributed by atoms with Gasteiger partial charge in [0.15, 0.2) is 5.78 Å². The first kappa shape index (κ1) is 10.9. The molecule has 0 spiro atoms. The molecule has 1 N–H and O–H groups in total. The Kier molecular flexibility index (Phi) is 4.33. The molecule has 1 aromatic rings. The van der Waals surface area contributed by atoms with Crippen molar-refractivity contribution >= 4 is 5.78 Å². The Balaban J connectivity index is 2.57. The minimum absolute atomic E-state index is 0.0858. The van der Waals surface area contributed by atoms with E-state index in [9.17, 15) is 4.79 Å². The lowest BCUT2D eigenvalue weighted by Gasteiger charge is -2.11.